The highest BCUT2D eigenvalue weighted by atomic mass is 16.6. The molecule has 1 aliphatic heterocycles. The molecule has 0 radical (unpaired) electrons. The Morgan fingerprint density at radius 1 is 1.14 bits per heavy atom. The number of benzene rings is 1. The van der Waals surface area contributed by atoms with E-state index < -0.39 is 71.6 Å². The first-order valence-corrected chi connectivity index (χ1v) is 11.1. The number of hydrogen-bond donors (Lipinski definition) is 2. The number of esters is 3. The monoisotopic (exact) mass is 485 g/mol. The lowest BCUT2D eigenvalue weighted by molar-refractivity contribution is -0.176. The Balaban J connectivity index is 1.87. The Hall–Kier alpha value is -4.02. The Bertz CT molecular complexity index is 1130. The summed E-state index contributed by atoms with van der Waals surface area (Å²) in [4.78, 5) is 62.8. The number of cyclic esters (lactones) is 2. The maximum Gasteiger partial charge on any atom is 0.332 e. The Kier molecular flexibility index (Phi) is 8.34. The van der Waals surface area contributed by atoms with Crippen LogP contribution in [-0.2, 0) is 35.0 Å². The average Bonchev–Trinajstić information content (AvgIpc) is 2.86. The van der Waals surface area contributed by atoms with Crippen molar-refractivity contribution >= 4 is 23.8 Å². The number of H-pyrrole nitrogens is 1. The van der Waals surface area contributed by atoms with Crippen LogP contribution in [0.2, 0.25) is 0 Å². The molecule has 4 unspecified atom stereocenters. The molecule has 0 spiro atoms. The maximum atomic E-state index is 13.1. The largest absolute Gasteiger partial charge is 0.463 e. The average molecular weight is 485 g/mol. The van der Waals surface area contributed by atoms with Crippen LogP contribution in [-0.4, -0.2) is 58.9 Å². The summed E-state index contributed by atoms with van der Waals surface area (Å²) in [5, 5.41) is 8.31. The second-order valence-corrected chi connectivity index (χ2v) is 8.44. The zero-order valence-corrected chi connectivity index (χ0v) is 19.6. The summed E-state index contributed by atoms with van der Waals surface area (Å²) in [5.41, 5.74) is -0.339. The van der Waals surface area contributed by atoms with Crippen molar-refractivity contribution < 1.29 is 33.4 Å². The minimum absolute atomic E-state index is 0.165. The van der Waals surface area contributed by atoms with Gasteiger partial charge in [0.2, 0.25) is 5.43 Å². The molecule has 2 heterocycles. The van der Waals surface area contributed by atoms with E-state index in [0.717, 1.165) is 11.6 Å². The fraction of sp³-hybridized carbons (Fsp3) is 0.417. The molecule has 0 bridgehead atoms. The van der Waals surface area contributed by atoms with E-state index in [1.165, 1.54) is 13.1 Å². The van der Waals surface area contributed by atoms with Crippen molar-refractivity contribution in [3.8, 4) is 0 Å². The lowest BCUT2D eigenvalue weighted by Gasteiger charge is -2.29. The number of hydrogen-bond acceptors (Lipinski definition) is 9. The first-order valence-electron chi connectivity index (χ1n) is 11.1. The van der Waals surface area contributed by atoms with Crippen molar-refractivity contribution in [1.82, 2.24) is 15.5 Å². The number of ether oxygens (including phenoxy) is 3. The van der Waals surface area contributed by atoms with Crippen LogP contribution in [0.3, 0.4) is 0 Å². The molecule has 0 aliphatic carbocycles. The zero-order chi connectivity index (χ0) is 25.5. The van der Waals surface area contributed by atoms with E-state index in [-0.39, 0.29) is 6.42 Å². The highest BCUT2D eigenvalue weighted by molar-refractivity contribution is 5.95. The van der Waals surface area contributed by atoms with Crippen LogP contribution in [0, 0.1) is 11.8 Å². The first kappa shape index (κ1) is 25.6. The molecule has 4 atom stereocenters. The molecule has 3 rings (SSSR count). The summed E-state index contributed by atoms with van der Waals surface area (Å²) in [7, 11) is 0. The van der Waals surface area contributed by atoms with Gasteiger partial charge in [-0.2, -0.15) is 5.10 Å². The third kappa shape index (κ3) is 6.52. The predicted molar refractivity (Wildman–Crippen MR) is 121 cm³/mol. The minimum atomic E-state index is -1.41. The van der Waals surface area contributed by atoms with Crippen LogP contribution in [0.5, 0.6) is 0 Å². The fourth-order valence-electron chi connectivity index (χ4n) is 3.49. The third-order valence-electron chi connectivity index (χ3n) is 5.40. The van der Waals surface area contributed by atoms with Gasteiger partial charge in [0.15, 0.2) is 17.8 Å². The van der Waals surface area contributed by atoms with Crippen LogP contribution in [0.25, 0.3) is 0 Å². The SMILES string of the molecule is CC(C)C(=O)OC1C(C)OC(=O)C(NC(=O)c2n[nH]ccc2=O)COC(=O)C1Cc1ccccc1. The number of rotatable bonds is 6. The summed E-state index contributed by atoms with van der Waals surface area (Å²) >= 11 is 0. The molecular weight excluding hydrogens is 458 g/mol. The van der Waals surface area contributed by atoms with Crippen molar-refractivity contribution in [2.45, 2.75) is 45.4 Å². The summed E-state index contributed by atoms with van der Waals surface area (Å²) in [5.74, 6) is -4.62. The molecule has 35 heavy (non-hydrogen) atoms. The molecule has 1 fully saturated rings. The number of nitrogens with one attached hydrogen (secondary N) is 2. The molecule has 2 aromatic rings. The highest BCUT2D eigenvalue weighted by Gasteiger charge is 2.42. The van der Waals surface area contributed by atoms with Crippen LogP contribution in [0.15, 0.2) is 47.4 Å². The van der Waals surface area contributed by atoms with Crippen molar-refractivity contribution in [3.63, 3.8) is 0 Å². The van der Waals surface area contributed by atoms with Crippen LogP contribution in [0.4, 0.5) is 0 Å². The lowest BCUT2D eigenvalue weighted by Crippen LogP contribution is -2.47. The quantitative estimate of drug-likeness (QED) is 0.446. The summed E-state index contributed by atoms with van der Waals surface area (Å²) < 4.78 is 16.5. The molecule has 1 saturated heterocycles. The number of aromatic amines is 1. The Labute approximate surface area is 201 Å². The summed E-state index contributed by atoms with van der Waals surface area (Å²) in [6, 6.07) is 8.75. The van der Waals surface area contributed by atoms with Crippen molar-refractivity contribution in [1.29, 1.82) is 0 Å². The molecule has 1 aromatic carbocycles. The molecule has 2 N–H and O–H groups in total. The van der Waals surface area contributed by atoms with Crippen LogP contribution < -0.4 is 10.7 Å². The van der Waals surface area contributed by atoms with Gasteiger partial charge in [0.05, 0.1) is 5.92 Å². The normalized spacial score (nSPS) is 22.7. The van der Waals surface area contributed by atoms with Crippen molar-refractivity contribution in [3.05, 3.63) is 64.1 Å². The highest BCUT2D eigenvalue weighted by Crippen LogP contribution is 2.24. The molecular formula is C24H27N3O8. The summed E-state index contributed by atoms with van der Waals surface area (Å²) in [6.07, 6.45) is -0.753. The van der Waals surface area contributed by atoms with Gasteiger partial charge in [0.1, 0.15) is 18.6 Å². The number of amides is 1. The van der Waals surface area contributed by atoms with Gasteiger partial charge in [-0.1, -0.05) is 44.2 Å². The molecule has 1 aliphatic rings. The fourth-order valence-corrected chi connectivity index (χ4v) is 3.49. The predicted octanol–water partition coefficient (Wildman–Crippen LogP) is 0.784. The van der Waals surface area contributed by atoms with Gasteiger partial charge in [-0.15, -0.1) is 0 Å². The van der Waals surface area contributed by atoms with Crippen molar-refractivity contribution in [2.24, 2.45) is 11.8 Å². The third-order valence-corrected chi connectivity index (χ3v) is 5.40. The molecule has 1 amide bonds. The zero-order valence-electron chi connectivity index (χ0n) is 19.6. The Morgan fingerprint density at radius 2 is 1.86 bits per heavy atom. The summed E-state index contributed by atoms with van der Waals surface area (Å²) in [6.45, 7) is 4.24. The van der Waals surface area contributed by atoms with Gasteiger partial charge < -0.3 is 19.5 Å². The number of aromatic nitrogens is 2. The molecule has 0 saturated carbocycles. The minimum Gasteiger partial charge on any atom is -0.463 e. The number of carbonyl (C=O) groups excluding carboxylic acids is 4. The van der Waals surface area contributed by atoms with E-state index in [2.05, 4.69) is 15.5 Å². The Morgan fingerprint density at radius 3 is 2.51 bits per heavy atom. The topological polar surface area (TPSA) is 154 Å². The number of carbonyl (C=O) groups is 4. The number of nitrogens with zero attached hydrogens (tertiary/aromatic N) is 1. The second kappa shape index (κ2) is 11.4. The smallest absolute Gasteiger partial charge is 0.332 e. The second-order valence-electron chi connectivity index (χ2n) is 8.44. The van der Waals surface area contributed by atoms with E-state index in [9.17, 15) is 24.0 Å². The van der Waals surface area contributed by atoms with Gasteiger partial charge >= 0.3 is 17.9 Å². The maximum absolute atomic E-state index is 13.1. The lowest BCUT2D eigenvalue weighted by atomic mass is 9.91. The van der Waals surface area contributed by atoms with E-state index in [1.807, 2.05) is 18.2 Å². The van der Waals surface area contributed by atoms with Gasteiger partial charge in [-0.05, 0) is 18.9 Å². The molecule has 1 aromatic heterocycles. The van der Waals surface area contributed by atoms with E-state index in [4.69, 9.17) is 14.2 Å². The van der Waals surface area contributed by atoms with Gasteiger partial charge in [-0.3, -0.25) is 24.3 Å². The van der Waals surface area contributed by atoms with Crippen LogP contribution >= 0.6 is 0 Å². The van der Waals surface area contributed by atoms with E-state index >= 15 is 0 Å². The first-order chi connectivity index (χ1) is 16.7. The van der Waals surface area contributed by atoms with Gasteiger partial charge in [-0.25, -0.2) is 4.79 Å². The van der Waals surface area contributed by atoms with Gasteiger partial charge in [0.25, 0.3) is 5.91 Å². The van der Waals surface area contributed by atoms with Crippen molar-refractivity contribution in [2.75, 3.05) is 6.61 Å². The van der Waals surface area contributed by atoms with E-state index in [0.29, 0.717) is 0 Å². The standard InChI is InChI=1S/C24H27N3O8/c1-13(2)22(30)35-20-14(3)34-24(32)17(26-21(29)19-18(28)9-10-25-27-19)12-33-23(31)16(20)11-15-7-5-4-6-8-15/h4-10,13-14,16-17,20H,11-12H2,1-3H3,(H,25,28)(H,26,29). The molecule has 186 valence electrons. The molecule has 11 heteroatoms. The van der Waals surface area contributed by atoms with E-state index in [1.54, 1.807) is 26.0 Å². The van der Waals surface area contributed by atoms with Crippen LogP contribution in [0.1, 0.15) is 36.8 Å². The molecule has 11 nitrogen and oxygen atoms in total. The van der Waals surface area contributed by atoms with Gasteiger partial charge in [0, 0.05) is 12.3 Å².